The van der Waals surface area contributed by atoms with Crippen molar-refractivity contribution in [2.75, 3.05) is 11.5 Å². The standard InChI is InChI=1S/C22H30O5S/c23-22(24)11-7-2-1-6-10-18-19(21-13-12-20(18)27-21)16-28(25,26)15-14-17-8-4-3-5-9-17/h1,3-6,8-9,18-21H,2,7,10-16H2,(H,23,24)/b6-1-/t18-,19+,20-,21+/m1/s1. The van der Waals surface area contributed by atoms with E-state index < -0.39 is 15.8 Å². The van der Waals surface area contributed by atoms with Crippen molar-refractivity contribution >= 4 is 15.8 Å². The Morgan fingerprint density at radius 2 is 1.82 bits per heavy atom. The third-order valence-corrected chi connectivity index (χ3v) is 7.64. The first-order valence-corrected chi connectivity index (χ1v) is 12.0. The lowest BCUT2D eigenvalue weighted by Crippen LogP contribution is -2.33. The summed E-state index contributed by atoms with van der Waals surface area (Å²) in [5, 5.41) is 8.68. The molecular formula is C22H30O5S. The van der Waals surface area contributed by atoms with Crippen LogP contribution in [0.15, 0.2) is 42.5 Å². The summed E-state index contributed by atoms with van der Waals surface area (Å²) in [6, 6.07) is 9.74. The molecule has 2 heterocycles. The summed E-state index contributed by atoms with van der Waals surface area (Å²) >= 11 is 0. The average molecular weight is 407 g/mol. The Morgan fingerprint density at radius 3 is 2.54 bits per heavy atom. The van der Waals surface area contributed by atoms with Gasteiger partial charge in [0.25, 0.3) is 0 Å². The zero-order chi connectivity index (χ0) is 20.0. The molecule has 28 heavy (non-hydrogen) atoms. The smallest absolute Gasteiger partial charge is 0.303 e. The average Bonchev–Trinajstić information content (AvgIpc) is 3.26. The summed E-state index contributed by atoms with van der Waals surface area (Å²) in [6.07, 6.45) is 9.26. The maximum absolute atomic E-state index is 12.7. The fourth-order valence-corrected chi connectivity index (χ4v) is 6.23. The van der Waals surface area contributed by atoms with Crippen LogP contribution in [0.3, 0.4) is 0 Å². The number of benzene rings is 1. The van der Waals surface area contributed by atoms with E-state index in [-0.39, 0.29) is 42.0 Å². The normalized spacial score (nSPS) is 26.9. The van der Waals surface area contributed by atoms with Crippen LogP contribution in [0.5, 0.6) is 0 Å². The summed E-state index contributed by atoms with van der Waals surface area (Å²) in [4.78, 5) is 10.5. The van der Waals surface area contributed by atoms with Crippen LogP contribution in [0, 0.1) is 11.8 Å². The van der Waals surface area contributed by atoms with Gasteiger partial charge in [0.1, 0.15) is 0 Å². The topological polar surface area (TPSA) is 80.7 Å². The number of fused-ring (bicyclic) bond motifs is 2. The Balaban J connectivity index is 1.52. The first-order chi connectivity index (χ1) is 13.4. The van der Waals surface area contributed by atoms with Gasteiger partial charge in [-0.25, -0.2) is 8.42 Å². The van der Waals surface area contributed by atoms with Gasteiger partial charge in [-0.1, -0.05) is 42.5 Å². The zero-order valence-electron chi connectivity index (χ0n) is 16.2. The molecule has 2 aliphatic heterocycles. The lowest BCUT2D eigenvalue weighted by Gasteiger charge is -2.27. The number of rotatable bonds is 11. The molecule has 0 spiro atoms. The zero-order valence-corrected chi connectivity index (χ0v) is 17.0. The Labute approximate surface area is 167 Å². The molecule has 154 valence electrons. The molecular weight excluding hydrogens is 376 g/mol. The number of hydrogen-bond acceptors (Lipinski definition) is 4. The lowest BCUT2D eigenvalue weighted by molar-refractivity contribution is -0.137. The fourth-order valence-electron chi connectivity index (χ4n) is 4.46. The number of sulfone groups is 1. The van der Waals surface area contributed by atoms with Crippen LogP contribution in [0.4, 0.5) is 0 Å². The van der Waals surface area contributed by atoms with Gasteiger partial charge < -0.3 is 9.84 Å². The number of allylic oxidation sites excluding steroid dienone is 2. The van der Waals surface area contributed by atoms with Crippen molar-refractivity contribution in [1.82, 2.24) is 0 Å². The van der Waals surface area contributed by atoms with Gasteiger partial charge in [-0.05, 0) is 50.0 Å². The van der Waals surface area contributed by atoms with Crippen LogP contribution in [-0.2, 0) is 25.8 Å². The van der Waals surface area contributed by atoms with Gasteiger partial charge >= 0.3 is 5.97 Å². The monoisotopic (exact) mass is 406 g/mol. The lowest BCUT2D eigenvalue weighted by atomic mass is 9.78. The minimum Gasteiger partial charge on any atom is -0.481 e. The highest BCUT2D eigenvalue weighted by molar-refractivity contribution is 7.91. The molecule has 2 fully saturated rings. The van der Waals surface area contributed by atoms with E-state index in [4.69, 9.17) is 9.84 Å². The van der Waals surface area contributed by atoms with E-state index in [9.17, 15) is 13.2 Å². The van der Waals surface area contributed by atoms with Crippen LogP contribution in [-0.4, -0.2) is 43.2 Å². The Bertz CT molecular complexity index is 771. The van der Waals surface area contributed by atoms with Crippen molar-refractivity contribution in [1.29, 1.82) is 0 Å². The molecule has 0 saturated carbocycles. The van der Waals surface area contributed by atoms with Gasteiger partial charge in [-0.2, -0.15) is 0 Å². The molecule has 0 amide bonds. The van der Waals surface area contributed by atoms with Gasteiger partial charge in [0.2, 0.25) is 0 Å². The molecule has 2 bridgehead atoms. The molecule has 0 aliphatic carbocycles. The van der Waals surface area contributed by atoms with Gasteiger partial charge in [0, 0.05) is 12.3 Å². The Hall–Kier alpha value is -1.66. The van der Waals surface area contributed by atoms with Crippen molar-refractivity contribution < 1.29 is 23.1 Å². The second kappa shape index (κ2) is 9.70. The third kappa shape index (κ3) is 5.92. The number of hydrogen-bond donors (Lipinski definition) is 1. The molecule has 1 aromatic rings. The van der Waals surface area contributed by atoms with Gasteiger partial charge in [0.15, 0.2) is 9.84 Å². The number of carbonyl (C=O) groups is 1. The number of carboxylic acid groups (broad SMARTS) is 1. The molecule has 1 N–H and O–H groups in total. The minimum absolute atomic E-state index is 0.0712. The van der Waals surface area contributed by atoms with Crippen molar-refractivity contribution in [2.45, 2.75) is 57.2 Å². The van der Waals surface area contributed by atoms with E-state index in [0.29, 0.717) is 12.8 Å². The van der Waals surface area contributed by atoms with Gasteiger partial charge in [0.05, 0.1) is 23.7 Å². The number of aryl methyl sites for hydroxylation is 1. The van der Waals surface area contributed by atoms with Crippen LogP contribution >= 0.6 is 0 Å². The first-order valence-electron chi connectivity index (χ1n) is 10.2. The molecule has 1 aromatic carbocycles. The SMILES string of the molecule is O=C(O)CCC/C=C\C[C@@H]1[C@H](CS(=O)(=O)CCc2ccccc2)[C@@H]2CC[C@H]1O2. The first kappa shape index (κ1) is 21.1. The van der Waals surface area contributed by atoms with Crippen molar-refractivity contribution in [2.24, 2.45) is 11.8 Å². The van der Waals surface area contributed by atoms with Crippen molar-refractivity contribution in [3.63, 3.8) is 0 Å². The van der Waals surface area contributed by atoms with Crippen LogP contribution in [0.1, 0.15) is 44.1 Å². The van der Waals surface area contributed by atoms with Crippen LogP contribution in [0.2, 0.25) is 0 Å². The highest BCUT2D eigenvalue weighted by atomic mass is 32.2. The molecule has 5 nitrogen and oxygen atoms in total. The highest BCUT2D eigenvalue weighted by Crippen LogP contribution is 2.45. The van der Waals surface area contributed by atoms with Crippen molar-refractivity contribution in [3.05, 3.63) is 48.0 Å². The predicted octanol–water partition coefficient (Wildman–Crippen LogP) is 3.64. The summed E-state index contributed by atoms with van der Waals surface area (Å²) in [5.74, 6) is -0.0545. The largest absolute Gasteiger partial charge is 0.481 e. The quantitative estimate of drug-likeness (QED) is 0.448. The summed E-state index contributed by atoms with van der Waals surface area (Å²) < 4.78 is 31.5. The predicted molar refractivity (Wildman–Crippen MR) is 109 cm³/mol. The van der Waals surface area contributed by atoms with E-state index in [1.54, 1.807) is 0 Å². The van der Waals surface area contributed by atoms with E-state index in [2.05, 4.69) is 6.08 Å². The maximum atomic E-state index is 12.7. The fraction of sp³-hybridized carbons (Fsp3) is 0.591. The second-order valence-corrected chi connectivity index (χ2v) is 10.2. The molecule has 0 unspecified atom stereocenters. The summed E-state index contributed by atoms with van der Waals surface area (Å²) in [6.45, 7) is 0. The number of unbranched alkanes of at least 4 members (excludes halogenated alkanes) is 1. The molecule has 2 aliphatic rings. The number of carboxylic acids is 1. The van der Waals surface area contributed by atoms with E-state index >= 15 is 0 Å². The van der Waals surface area contributed by atoms with Crippen LogP contribution < -0.4 is 0 Å². The number of aliphatic carboxylic acids is 1. The Morgan fingerprint density at radius 1 is 1.11 bits per heavy atom. The maximum Gasteiger partial charge on any atom is 0.303 e. The molecule has 0 aromatic heterocycles. The number of ether oxygens (including phenoxy) is 1. The molecule has 2 saturated heterocycles. The van der Waals surface area contributed by atoms with E-state index in [1.165, 1.54) is 0 Å². The third-order valence-electron chi connectivity index (χ3n) is 5.92. The van der Waals surface area contributed by atoms with Gasteiger partial charge in [-0.3, -0.25) is 4.79 Å². The van der Waals surface area contributed by atoms with Crippen molar-refractivity contribution in [3.8, 4) is 0 Å². The summed E-state index contributed by atoms with van der Waals surface area (Å²) in [5.41, 5.74) is 1.05. The Kier molecular flexibility index (Phi) is 7.30. The minimum atomic E-state index is -3.14. The highest BCUT2D eigenvalue weighted by Gasteiger charge is 2.49. The summed E-state index contributed by atoms with van der Waals surface area (Å²) in [7, 11) is -3.14. The van der Waals surface area contributed by atoms with E-state index in [0.717, 1.165) is 31.2 Å². The second-order valence-electron chi connectivity index (χ2n) is 7.96. The molecule has 3 rings (SSSR count). The molecule has 0 radical (unpaired) electrons. The van der Waals surface area contributed by atoms with Crippen LogP contribution in [0.25, 0.3) is 0 Å². The van der Waals surface area contributed by atoms with E-state index in [1.807, 2.05) is 36.4 Å². The van der Waals surface area contributed by atoms with Gasteiger partial charge in [-0.15, -0.1) is 0 Å². The molecule has 6 heteroatoms. The molecule has 4 atom stereocenters.